The molecule has 2 heterocycles. The van der Waals surface area contributed by atoms with Crippen molar-refractivity contribution in [3.05, 3.63) is 60.2 Å². The molecule has 1 saturated carbocycles. The largest absolute Gasteiger partial charge is 0.459 e. The van der Waals surface area contributed by atoms with Crippen LogP contribution in [0.15, 0.2) is 57.6 Å². The fourth-order valence-electron chi connectivity index (χ4n) is 2.78. The normalized spacial score (nSPS) is 16.4. The van der Waals surface area contributed by atoms with Gasteiger partial charge in [0.05, 0.1) is 11.8 Å². The highest BCUT2D eigenvalue weighted by Gasteiger charge is 2.43. The van der Waals surface area contributed by atoms with Crippen molar-refractivity contribution in [2.24, 2.45) is 0 Å². The molecule has 1 N–H and O–H groups in total. The third-order valence-corrected chi connectivity index (χ3v) is 4.25. The predicted molar refractivity (Wildman–Crippen MR) is 80.8 cm³/mol. The van der Waals surface area contributed by atoms with Crippen LogP contribution in [0.5, 0.6) is 0 Å². The van der Waals surface area contributed by atoms with Gasteiger partial charge in [-0.3, -0.25) is 5.32 Å². The summed E-state index contributed by atoms with van der Waals surface area (Å²) in [4.78, 5) is 0. The molecule has 22 heavy (non-hydrogen) atoms. The fourth-order valence-corrected chi connectivity index (χ4v) is 2.78. The van der Waals surface area contributed by atoms with Gasteiger partial charge in [-0.05, 0) is 37.0 Å². The predicted octanol–water partition coefficient (Wildman–Crippen LogP) is 3.50. The molecule has 0 unspecified atom stereocenters. The fraction of sp³-hybridized carbons (Fsp3) is 0.294. The second-order valence-electron chi connectivity index (χ2n) is 5.66. The van der Waals surface area contributed by atoms with Gasteiger partial charge in [0.25, 0.3) is 5.89 Å². The molecule has 1 aliphatic carbocycles. The van der Waals surface area contributed by atoms with Crippen molar-refractivity contribution in [2.75, 3.05) is 0 Å². The quantitative estimate of drug-likeness (QED) is 0.780. The standard InChI is InChI=1S/C17H17N3O2/c1-2-6-13(7-3-1)12-18-17(9-5-10-17)16-20-19-15(22-16)14-8-4-11-21-14/h1-4,6-8,11,18H,5,9-10,12H2. The summed E-state index contributed by atoms with van der Waals surface area (Å²) in [6.45, 7) is 0.791. The zero-order chi connectivity index (χ0) is 14.8. The van der Waals surface area contributed by atoms with Crippen molar-refractivity contribution >= 4 is 0 Å². The van der Waals surface area contributed by atoms with Gasteiger partial charge in [0.1, 0.15) is 0 Å². The third-order valence-electron chi connectivity index (χ3n) is 4.25. The summed E-state index contributed by atoms with van der Waals surface area (Å²) >= 11 is 0. The van der Waals surface area contributed by atoms with Crippen LogP contribution in [-0.2, 0) is 12.1 Å². The van der Waals surface area contributed by atoms with E-state index in [9.17, 15) is 0 Å². The van der Waals surface area contributed by atoms with Crippen LogP contribution in [0.4, 0.5) is 0 Å². The second kappa shape index (κ2) is 5.42. The summed E-state index contributed by atoms with van der Waals surface area (Å²) in [6.07, 6.45) is 4.80. The molecule has 0 saturated heterocycles. The number of aromatic nitrogens is 2. The first-order valence-electron chi connectivity index (χ1n) is 7.53. The zero-order valence-electron chi connectivity index (χ0n) is 12.2. The van der Waals surface area contributed by atoms with Gasteiger partial charge < -0.3 is 8.83 Å². The summed E-state index contributed by atoms with van der Waals surface area (Å²) in [5.74, 6) is 1.70. The van der Waals surface area contributed by atoms with E-state index in [1.54, 1.807) is 6.26 Å². The third kappa shape index (κ3) is 2.33. The lowest BCUT2D eigenvalue weighted by molar-refractivity contribution is 0.141. The van der Waals surface area contributed by atoms with Crippen molar-refractivity contribution in [1.82, 2.24) is 15.5 Å². The first-order chi connectivity index (χ1) is 10.9. The number of nitrogens with zero attached hydrogens (tertiary/aromatic N) is 2. The van der Waals surface area contributed by atoms with E-state index >= 15 is 0 Å². The van der Waals surface area contributed by atoms with Gasteiger partial charge in [-0.2, -0.15) is 0 Å². The maximum absolute atomic E-state index is 5.85. The lowest BCUT2D eigenvalue weighted by atomic mass is 9.76. The average molecular weight is 295 g/mol. The molecule has 5 nitrogen and oxygen atoms in total. The Morgan fingerprint density at radius 2 is 1.91 bits per heavy atom. The van der Waals surface area contributed by atoms with Crippen molar-refractivity contribution in [3.63, 3.8) is 0 Å². The van der Waals surface area contributed by atoms with E-state index in [-0.39, 0.29) is 5.54 Å². The van der Waals surface area contributed by atoms with Crippen LogP contribution < -0.4 is 5.32 Å². The lowest BCUT2D eigenvalue weighted by Crippen LogP contribution is -2.47. The molecule has 0 aliphatic heterocycles. The molecule has 5 heteroatoms. The molecule has 3 aromatic rings. The van der Waals surface area contributed by atoms with Crippen molar-refractivity contribution in [1.29, 1.82) is 0 Å². The first kappa shape index (κ1) is 13.3. The summed E-state index contributed by atoms with van der Waals surface area (Å²) in [5.41, 5.74) is 1.05. The van der Waals surface area contributed by atoms with Crippen LogP contribution in [0.1, 0.15) is 30.7 Å². The highest BCUT2D eigenvalue weighted by molar-refractivity contribution is 5.42. The Labute approximate surface area is 128 Å². The van der Waals surface area contributed by atoms with Crippen molar-refractivity contribution in [3.8, 4) is 11.7 Å². The summed E-state index contributed by atoms with van der Waals surface area (Å²) in [7, 11) is 0. The van der Waals surface area contributed by atoms with Gasteiger partial charge in [0.15, 0.2) is 5.76 Å². The van der Waals surface area contributed by atoms with E-state index in [0.29, 0.717) is 17.5 Å². The average Bonchev–Trinajstić information content (AvgIpc) is 3.18. The Bertz CT molecular complexity index is 730. The Morgan fingerprint density at radius 3 is 2.59 bits per heavy atom. The highest BCUT2D eigenvalue weighted by Crippen LogP contribution is 2.41. The Hall–Kier alpha value is -2.40. The Morgan fingerprint density at radius 1 is 1.05 bits per heavy atom. The van der Waals surface area contributed by atoms with Crippen LogP contribution in [0.3, 0.4) is 0 Å². The van der Waals surface area contributed by atoms with Crippen molar-refractivity contribution in [2.45, 2.75) is 31.3 Å². The molecule has 0 amide bonds. The minimum absolute atomic E-state index is 0.201. The maximum atomic E-state index is 5.85. The molecule has 1 fully saturated rings. The Kier molecular flexibility index (Phi) is 3.27. The lowest BCUT2D eigenvalue weighted by Gasteiger charge is -2.39. The van der Waals surface area contributed by atoms with Gasteiger partial charge >= 0.3 is 0 Å². The molecule has 1 aliphatic rings. The molecular weight excluding hydrogens is 278 g/mol. The van der Waals surface area contributed by atoms with E-state index in [0.717, 1.165) is 19.4 Å². The van der Waals surface area contributed by atoms with Crippen LogP contribution >= 0.6 is 0 Å². The molecule has 4 rings (SSSR count). The smallest absolute Gasteiger partial charge is 0.283 e. The van der Waals surface area contributed by atoms with E-state index in [4.69, 9.17) is 8.83 Å². The molecule has 0 spiro atoms. The first-order valence-corrected chi connectivity index (χ1v) is 7.53. The van der Waals surface area contributed by atoms with E-state index in [1.807, 2.05) is 30.3 Å². The molecular formula is C17H17N3O2. The number of furan rings is 1. The van der Waals surface area contributed by atoms with Crippen LogP contribution in [0.2, 0.25) is 0 Å². The molecule has 2 aromatic heterocycles. The van der Waals surface area contributed by atoms with Crippen LogP contribution in [0, 0.1) is 0 Å². The van der Waals surface area contributed by atoms with E-state index in [2.05, 4.69) is 27.6 Å². The number of benzene rings is 1. The minimum Gasteiger partial charge on any atom is -0.459 e. The Balaban J connectivity index is 1.54. The summed E-state index contributed by atoms with van der Waals surface area (Å²) < 4.78 is 11.2. The van der Waals surface area contributed by atoms with Gasteiger partial charge in [-0.15, -0.1) is 10.2 Å². The van der Waals surface area contributed by atoms with Crippen LogP contribution in [-0.4, -0.2) is 10.2 Å². The highest BCUT2D eigenvalue weighted by atomic mass is 16.4. The number of hydrogen-bond donors (Lipinski definition) is 1. The SMILES string of the molecule is c1ccc(CNC2(c3nnc(-c4ccco4)o3)CCC2)cc1. The number of rotatable bonds is 5. The van der Waals surface area contributed by atoms with E-state index in [1.165, 1.54) is 12.0 Å². The van der Waals surface area contributed by atoms with Gasteiger partial charge in [-0.1, -0.05) is 30.3 Å². The molecule has 0 bridgehead atoms. The second-order valence-corrected chi connectivity index (χ2v) is 5.66. The molecule has 0 radical (unpaired) electrons. The molecule has 1 aromatic carbocycles. The van der Waals surface area contributed by atoms with Crippen molar-refractivity contribution < 1.29 is 8.83 Å². The minimum atomic E-state index is -0.201. The van der Waals surface area contributed by atoms with Gasteiger partial charge in [0, 0.05) is 6.54 Å². The van der Waals surface area contributed by atoms with Gasteiger partial charge in [-0.25, -0.2) is 0 Å². The molecule has 0 atom stereocenters. The monoisotopic (exact) mass is 295 g/mol. The number of hydrogen-bond acceptors (Lipinski definition) is 5. The topological polar surface area (TPSA) is 64.1 Å². The molecule has 112 valence electrons. The van der Waals surface area contributed by atoms with Crippen LogP contribution in [0.25, 0.3) is 11.7 Å². The maximum Gasteiger partial charge on any atom is 0.283 e. The zero-order valence-corrected chi connectivity index (χ0v) is 12.2. The number of nitrogens with one attached hydrogen (secondary N) is 1. The summed E-state index contributed by atoms with van der Waals surface area (Å²) in [6, 6.07) is 14.0. The van der Waals surface area contributed by atoms with E-state index < -0.39 is 0 Å². The summed E-state index contributed by atoms with van der Waals surface area (Å²) in [5, 5.41) is 11.9. The van der Waals surface area contributed by atoms with Gasteiger partial charge in [0.2, 0.25) is 5.89 Å².